The third-order valence-electron chi connectivity index (χ3n) is 3.29. The summed E-state index contributed by atoms with van der Waals surface area (Å²) in [6.07, 6.45) is 0. The number of halogens is 2. The van der Waals surface area contributed by atoms with E-state index in [-0.39, 0.29) is 11.9 Å². The fourth-order valence-corrected chi connectivity index (χ4v) is 2.66. The summed E-state index contributed by atoms with van der Waals surface area (Å²) >= 11 is 3.27. The highest BCUT2D eigenvalue weighted by Gasteiger charge is 2.20. The minimum Gasteiger partial charge on any atom is -0.459 e. The Morgan fingerprint density at radius 1 is 1.15 bits per heavy atom. The summed E-state index contributed by atoms with van der Waals surface area (Å²) in [6, 6.07) is 14.4. The van der Waals surface area contributed by atoms with Gasteiger partial charge in [0.2, 0.25) is 0 Å². The zero-order valence-electron chi connectivity index (χ0n) is 10.9. The topological polar surface area (TPSA) is 25.2 Å². The molecule has 2 aromatic carbocycles. The van der Waals surface area contributed by atoms with Crippen LogP contribution in [-0.4, -0.2) is 7.05 Å². The maximum atomic E-state index is 14.1. The highest BCUT2D eigenvalue weighted by Crippen LogP contribution is 2.30. The van der Waals surface area contributed by atoms with Crippen molar-refractivity contribution in [3.63, 3.8) is 0 Å². The third kappa shape index (κ3) is 2.37. The van der Waals surface area contributed by atoms with Crippen LogP contribution < -0.4 is 5.32 Å². The number of rotatable bonds is 3. The van der Waals surface area contributed by atoms with Gasteiger partial charge in [0, 0.05) is 15.4 Å². The van der Waals surface area contributed by atoms with Crippen LogP contribution >= 0.6 is 15.9 Å². The lowest BCUT2D eigenvalue weighted by molar-refractivity contribution is 0.476. The Bertz CT molecular complexity index is 720. The van der Waals surface area contributed by atoms with E-state index in [4.69, 9.17) is 4.42 Å². The fraction of sp³-hybridized carbons (Fsp3) is 0.125. The van der Waals surface area contributed by atoms with Gasteiger partial charge in [0.1, 0.15) is 17.2 Å². The molecule has 1 atom stereocenters. The molecular weight excluding hydrogens is 321 g/mol. The molecule has 0 bridgehead atoms. The second-order valence-corrected chi connectivity index (χ2v) is 5.49. The number of hydrogen-bond acceptors (Lipinski definition) is 2. The van der Waals surface area contributed by atoms with Crippen molar-refractivity contribution in [2.45, 2.75) is 6.04 Å². The zero-order chi connectivity index (χ0) is 14.1. The van der Waals surface area contributed by atoms with Crippen LogP contribution in [-0.2, 0) is 0 Å². The van der Waals surface area contributed by atoms with Crippen LogP contribution in [0.1, 0.15) is 17.4 Å². The summed E-state index contributed by atoms with van der Waals surface area (Å²) in [5.41, 5.74) is 1.37. The van der Waals surface area contributed by atoms with E-state index in [1.165, 1.54) is 6.07 Å². The van der Waals surface area contributed by atoms with Crippen LogP contribution in [0.25, 0.3) is 11.0 Å². The van der Waals surface area contributed by atoms with E-state index in [0.29, 0.717) is 11.3 Å². The smallest absolute Gasteiger partial charge is 0.134 e. The van der Waals surface area contributed by atoms with Crippen molar-refractivity contribution in [2.24, 2.45) is 0 Å². The Morgan fingerprint density at radius 2 is 1.95 bits per heavy atom. The highest BCUT2D eigenvalue weighted by molar-refractivity contribution is 9.10. The molecular formula is C16H13BrFNO. The molecule has 0 fully saturated rings. The molecule has 0 aliphatic carbocycles. The molecule has 0 saturated carbocycles. The molecule has 1 aromatic heterocycles. The van der Waals surface area contributed by atoms with Crippen LogP contribution in [0.2, 0.25) is 0 Å². The first-order valence-corrected chi connectivity index (χ1v) is 7.09. The lowest BCUT2D eigenvalue weighted by Crippen LogP contribution is -2.18. The fourth-order valence-electron chi connectivity index (χ4n) is 2.33. The third-order valence-corrected chi connectivity index (χ3v) is 3.78. The maximum absolute atomic E-state index is 14.1. The average molecular weight is 334 g/mol. The number of furan rings is 1. The molecule has 0 saturated heterocycles. The Hall–Kier alpha value is -1.65. The minimum absolute atomic E-state index is 0.265. The van der Waals surface area contributed by atoms with Gasteiger partial charge < -0.3 is 9.73 Å². The van der Waals surface area contributed by atoms with E-state index in [1.807, 2.05) is 36.4 Å². The van der Waals surface area contributed by atoms with Gasteiger partial charge in [-0.3, -0.25) is 0 Å². The molecule has 0 amide bonds. The molecule has 0 aliphatic heterocycles. The maximum Gasteiger partial charge on any atom is 0.134 e. The lowest BCUT2D eigenvalue weighted by atomic mass is 10.0. The van der Waals surface area contributed by atoms with Crippen LogP contribution in [0.5, 0.6) is 0 Å². The van der Waals surface area contributed by atoms with Crippen molar-refractivity contribution in [3.8, 4) is 0 Å². The van der Waals surface area contributed by atoms with Gasteiger partial charge in [-0.25, -0.2) is 4.39 Å². The molecule has 1 N–H and O–H groups in total. The van der Waals surface area contributed by atoms with Crippen LogP contribution in [0.4, 0.5) is 4.39 Å². The molecule has 20 heavy (non-hydrogen) atoms. The first kappa shape index (κ1) is 13.3. The van der Waals surface area contributed by atoms with Gasteiger partial charge in [0.25, 0.3) is 0 Å². The summed E-state index contributed by atoms with van der Waals surface area (Å²) in [4.78, 5) is 0. The molecule has 2 nitrogen and oxygen atoms in total. The van der Waals surface area contributed by atoms with E-state index < -0.39 is 0 Å². The SMILES string of the molecule is CNC(c1cc2ccccc2o1)c1ccc(Br)cc1F. The second-order valence-electron chi connectivity index (χ2n) is 4.57. The van der Waals surface area contributed by atoms with Crippen molar-refractivity contribution in [1.29, 1.82) is 0 Å². The number of para-hydroxylation sites is 1. The lowest BCUT2D eigenvalue weighted by Gasteiger charge is -2.15. The molecule has 4 heteroatoms. The predicted molar refractivity (Wildman–Crippen MR) is 81.2 cm³/mol. The van der Waals surface area contributed by atoms with Crippen molar-refractivity contribution in [1.82, 2.24) is 5.32 Å². The molecule has 0 spiro atoms. The average Bonchev–Trinajstić information content (AvgIpc) is 2.85. The molecule has 1 heterocycles. The van der Waals surface area contributed by atoms with Gasteiger partial charge >= 0.3 is 0 Å². The van der Waals surface area contributed by atoms with Gasteiger partial charge in [-0.1, -0.05) is 40.2 Å². The van der Waals surface area contributed by atoms with E-state index in [9.17, 15) is 4.39 Å². The van der Waals surface area contributed by atoms with Crippen LogP contribution in [0.3, 0.4) is 0 Å². The summed E-state index contributed by atoms with van der Waals surface area (Å²) in [6.45, 7) is 0. The molecule has 0 radical (unpaired) electrons. The van der Waals surface area contributed by atoms with Crippen molar-refractivity contribution < 1.29 is 8.81 Å². The van der Waals surface area contributed by atoms with Gasteiger partial charge in [0.05, 0.1) is 6.04 Å². The second kappa shape index (κ2) is 5.38. The Balaban J connectivity index is 2.08. The molecule has 3 aromatic rings. The number of hydrogen-bond donors (Lipinski definition) is 1. The van der Waals surface area contributed by atoms with Gasteiger partial charge in [-0.15, -0.1) is 0 Å². The molecule has 1 unspecified atom stereocenters. The summed E-state index contributed by atoms with van der Waals surface area (Å²) in [5, 5.41) is 4.12. The van der Waals surface area contributed by atoms with Crippen molar-refractivity contribution in [2.75, 3.05) is 7.05 Å². The van der Waals surface area contributed by atoms with Crippen LogP contribution in [0.15, 0.2) is 57.4 Å². The highest BCUT2D eigenvalue weighted by atomic mass is 79.9. The first-order chi connectivity index (χ1) is 9.69. The molecule has 3 rings (SSSR count). The van der Waals surface area contributed by atoms with Crippen molar-refractivity contribution in [3.05, 3.63) is 70.1 Å². The van der Waals surface area contributed by atoms with E-state index in [1.54, 1.807) is 13.1 Å². The zero-order valence-corrected chi connectivity index (χ0v) is 12.4. The van der Waals surface area contributed by atoms with E-state index in [0.717, 1.165) is 15.4 Å². The quantitative estimate of drug-likeness (QED) is 0.755. The predicted octanol–water partition coefficient (Wildman–Crippen LogP) is 4.64. The van der Waals surface area contributed by atoms with Crippen LogP contribution in [0, 0.1) is 5.82 Å². The number of fused-ring (bicyclic) bond motifs is 1. The monoisotopic (exact) mass is 333 g/mol. The first-order valence-electron chi connectivity index (χ1n) is 6.29. The summed E-state index contributed by atoms with van der Waals surface area (Å²) in [5.74, 6) is 0.439. The standard InChI is InChI=1S/C16H13BrFNO/c1-19-16(12-7-6-11(17)9-13(12)18)15-8-10-4-2-3-5-14(10)20-15/h2-9,16,19H,1H3. The van der Waals surface area contributed by atoms with Gasteiger partial charge in [-0.2, -0.15) is 0 Å². The number of nitrogens with one attached hydrogen (secondary N) is 1. The Morgan fingerprint density at radius 3 is 2.65 bits per heavy atom. The number of benzene rings is 2. The molecule has 0 aliphatic rings. The minimum atomic E-state index is -0.310. The van der Waals surface area contributed by atoms with E-state index >= 15 is 0 Å². The normalized spacial score (nSPS) is 12.8. The summed E-state index contributed by atoms with van der Waals surface area (Å²) < 4.78 is 20.7. The Labute approximate surface area is 124 Å². The molecule has 102 valence electrons. The van der Waals surface area contributed by atoms with Gasteiger partial charge in [0.15, 0.2) is 0 Å². The van der Waals surface area contributed by atoms with E-state index in [2.05, 4.69) is 21.2 Å². The van der Waals surface area contributed by atoms with Crippen molar-refractivity contribution >= 4 is 26.9 Å². The summed E-state index contributed by atoms with van der Waals surface area (Å²) in [7, 11) is 1.79. The van der Waals surface area contributed by atoms with Gasteiger partial charge in [-0.05, 0) is 31.3 Å². The Kier molecular flexibility index (Phi) is 3.59. The largest absolute Gasteiger partial charge is 0.459 e.